The molecule has 7 nitrogen and oxygen atoms in total. The van der Waals surface area contributed by atoms with E-state index in [1.807, 2.05) is 41.8 Å². The summed E-state index contributed by atoms with van der Waals surface area (Å²) in [6.45, 7) is 2.43. The maximum absolute atomic E-state index is 13.9. The van der Waals surface area contributed by atoms with Gasteiger partial charge in [-0.1, -0.05) is 24.3 Å². The van der Waals surface area contributed by atoms with E-state index in [1.54, 1.807) is 24.1 Å². The molecular formula is C24H22FN5O2S. The number of halogens is 1. The monoisotopic (exact) mass is 463 g/mol. The number of nitrogens with zero attached hydrogens (tertiary/aromatic N) is 5. The molecule has 0 radical (unpaired) electrons. The number of anilines is 1. The van der Waals surface area contributed by atoms with Gasteiger partial charge in [-0.05, 0) is 41.8 Å². The fourth-order valence-corrected chi connectivity index (χ4v) is 4.64. The number of hydrogen-bond donors (Lipinski definition) is 0. The first-order valence-electron chi connectivity index (χ1n) is 10.6. The molecule has 2 aromatic heterocycles. The smallest absolute Gasteiger partial charge is 0.293 e. The third-order valence-corrected chi connectivity index (χ3v) is 6.45. The van der Waals surface area contributed by atoms with Gasteiger partial charge in [-0.2, -0.15) is 0 Å². The van der Waals surface area contributed by atoms with Gasteiger partial charge < -0.3 is 14.5 Å². The lowest BCUT2D eigenvalue weighted by Crippen LogP contribution is -2.49. The summed E-state index contributed by atoms with van der Waals surface area (Å²) < 4.78 is 20.9. The second kappa shape index (κ2) is 9.03. The first kappa shape index (κ1) is 21.1. The van der Waals surface area contributed by atoms with Crippen molar-refractivity contribution in [2.45, 2.75) is 0 Å². The third-order valence-electron chi connectivity index (χ3n) is 5.59. The number of aromatic nitrogens is 3. The molecule has 2 aromatic carbocycles. The van der Waals surface area contributed by atoms with Crippen LogP contribution in [0.25, 0.3) is 16.4 Å². The quantitative estimate of drug-likeness (QED) is 0.446. The molecule has 0 saturated carbocycles. The van der Waals surface area contributed by atoms with Crippen LogP contribution in [0.2, 0.25) is 0 Å². The first-order valence-corrected chi connectivity index (χ1v) is 11.5. The summed E-state index contributed by atoms with van der Waals surface area (Å²) in [5, 5.41) is 6.41. The molecule has 0 aliphatic carbocycles. The van der Waals surface area contributed by atoms with Crippen molar-refractivity contribution in [2.24, 2.45) is 0 Å². The van der Waals surface area contributed by atoms with Crippen molar-refractivity contribution in [3.8, 4) is 22.1 Å². The lowest BCUT2D eigenvalue weighted by Gasteiger charge is -2.36. The zero-order valence-electron chi connectivity index (χ0n) is 18.0. The largest absolute Gasteiger partial charge is 0.495 e. The van der Waals surface area contributed by atoms with Gasteiger partial charge in [0.25, 0.3) is 5.91 Å². The summed E-state index contributed by atoms with van der Waals surface area (Å²) in [6, 6.07) is 17.8. The van der Waals surface area contributed by atoms with E-state index < -0.39 is 0 Å². The standard InChI is InChI=1S/C24H22FN5O2S/c1-32-20-9-3-2-8-19(20)28-11-13-29(14-12-28)24(31)22-26-23(21-10-5-15-33-21)30(27-22)18-7-4-6-17(25)16-18/h2-10,15-16H,11-14H2,1H3. The van der Waals surface area contributed by atoms with Crippen molar-refractivity contribution in [3.63, 3.8) is 0 Å². The fourth-order valence-electron chi connectivity index (χ4n) is 3.94. The number of carbonyl (C=O) groups excluding carboxylic acids is 1. The lowest BCUT2D eigenvalue weighted by molar-refractivity contribution is 0.0734. The van der Waals surface area contributed by atoms with Crippen molar-refractivity contribution in [2.75, 3.05) is 38.2 Å². The van der Waals surface area contributed by atoms with E-state index >= 15 is 0 Å². The first-order chi connectivity index (χ1) is 16.1. The average molecular weight is 464 g/mol. The van der Waals surface area contributed by atoms with Crippen molar-refractivity contribution in [1.82, 2.24) is 19.7 Å². The predicted octanol–water partition coefficient (Wildman–Crippen LogP) is 4.11. The molecule has 168 valence electrons. The Labute approximate surface area is 194 Å². The van der Waals surface area contributed by atoms with E-state index in [0.29, 0.717) is 37.7 Å². The van der Waals surface area contributed by atoms with Crippen LogP contribution in [0.3, 0.4) is 0 Å². The molecule has 0 spiro atoms. The minimum Gasteiger partial charge on any atom is -0.495 e. The number of rotatable bonds is 5. The van der Waals surface area contributed by atoms with Crippen molar-refractivity contribution in [3.05, 3.63) is 77.7 Å². The molecule has 1 saturated heterocycles. The summed E-state index contributed by atoms with van der Waals surface area (Å²) >= 11 is 1.49. The molecule has 1 aliphatic rings. The highest BCUT2D eigenvalue weighted by Crippen LogP contribution is 2.29. The summed E-state index contributed by atoms with van der Waals surface area (Å²) in [5.74, 6) is 0.830. The van der Waals surface area contributed by atoms with Gasteiger partial charge in [0, 0.05) is 26.2 Å². The maximum atomic E-state index is 13.9. The summed E-state index contributed by atoms with van der Waals surface area (Å²) in [6.07, 6.45) is 0. The van der Waals surface area contributed by atoms with Gasteiger partial charge in [-0.25, -0.2) is 14.1 Å². The number of amides is 1. The molecule has 0 bridgehead atoms. The molecular weight excluding hydrogens is 441 g/mol. The van der Waals surface area contributed by atoms with Crippen molar-refractivity contribution >= 4 is 22.9 Å². The van der Waals surface area contributed by atoms with Crippen LogP contribution in [0.5, 0.6) is 5.75 Å². The summed E-state index contributed by atoms with van der Waals surface area (Å²) in [7, 11) is 1.66. The molecule has 0 N–H and O–H groups in total. The van der Waals surface area contributed by atoms with Gasteiger partial charge in [0.15, 0.2) is 5.82 Å². The van der Waals surface area contributed by atoms with E-state index in [-0.39, 0.29) is 17.5 Å². The van der Waals surface area contributed by atoms with Gasteiger partial charge in [0.2, 0.25) is 5.82 Å². The predicted molar refractivity (Wildman–Crippen MR) is 126 cm³/mol. The minimum absolute atomic E-state index is 0.105. The van der Waals surface area contributed by atoms with Gasteiger partial charge in [-0.15, -0.1) is 16.4 Å². The number of benzene rings is 2. The molecule has 1 aliphatic heterocycles. The number of para-hydroxylation sites is 2. The zero-order chi connectivity index (χ0) is 22.8. The van der Waals surface area contributed by atoms with E-state index in [0.717, 1.165) is 16.3 Å². The van der Waals surface area contributed by atoms with Crippen molar-refractivity contribution in [1.29, 1.82) is 0 Å². The van der Waals surface area contributed by atoms with E-state index in [2.05, 4.69) is 15.0 Å². The van der Waals surface area contributed by atoms with Gasteiger partial charge in [0.1, 0.15) is 11.6 Å². The van der Waals surface area contributed by atoms with Crippen LogP contribution in [0.1, 0.15) is 10.6 Å². The molecule has 1 amide bonds. The maximum Gasteiger partial charge on any atom is 0.293 e. The Kier molecular flexibility index (Phi) is 5.78. The number of ether oxygens (including phenoxy) is 1. The molecule has 5 rings (SSSR count). The van der Waals surface area contributed by atoms with Crippen LogP contribution >= 0.6 is 11.3 Å². The topological polar surface area (TPSA) is 63.5 Å². The normalized spacial score (nSPS) is 13.9. The van der Waals surface area contributed by atoms with E-state index in [4.69, 9.17) is 4.74 Å². The Hall–Kier alpha value is -3.72. The molecule has 0 atom stereocenters. The Morgan fingerprint density at radius 3 is 2.58 bits per heavy atom. The SMILES string of the molecule is COc1ccccc1N1CCN(C(=O)c2nc(-c3cccs3)n(-c3cccc(F)c3)n2)CC1. The lowest BCUT2D eigenvalue weighted by atomic mass is 10.2. The number of thiophene rings is 1. The summed E-state index contributed by atoms with van der Waals surface area (Å²) in [5.41, 5.74) is 1.53. The van der Waals surface area contributed by atoms with Crippen LogP contribution in [0.4, 0.5) is 10.1 Å². The second-order valence-electron chi connectivity index (χ2n) is 7.58. The summed E-state index contributed by atoms with van der Waals surface area (Å²) in [4.78, 5) is 22.6. The van der Waals surface area contributed by atoms with Gasteiger partial charge >= 0.3 is 0 Å². The number of methoxy groups -OCH3 is 1. The van der Waals surface area contributed by atoms with Gasteiger partial charge in [-0.3, -0.25) is 4.79 Å². The van der Waals surface area contributed by atoms with Crippen LogP contribution < -0.4 is 9.64 Å². The molecule has 1 fully saturated rings. The fraction of sp³-hybridized carbons (Fsp3) is 0.208. The molecule has 33 heavy (non-hydrogen) atoms. The zero-order valence-corrected chi connectivity index (χ0v) is 18.8. The number of hydrogen-bond acceptors (Lipinski definition) is 6. The molecule has 9 heteroatoms. The third kappa shape index (κ3) is 4.19. The number of piperazine rings is 1. The minimum atomic E-state index is -0.375. The Morgan fingerprint density at radius 2 is 1.85 bits per heavy atom. The second-order valence-corrected chi connectivity index (χ2v) is 8.53. The number of carbonyl (C=O) groups is 1. The Balaban J connectivity index is 1.39. The highest BCUT2D eigenvalue weighted by atomic mass is 32.1. The van der Waals surface area contributed by atoms with E-state index in [1.165, 1.54) is 28.2 Å². The van der Waals surface area contributed by atoms with Crippen molar-refractivity contribution < 1.29 is 13.9 Å². The molecule has 4 aromatic rings. The van der Waals surface area contributed by atoms with Crippen LogP contribution in [-0.2, 0) is 0 Å². The average Bonchev–Trinajstić information content (AvgIpc) is 3.54. The van der Waals surface area contributed by atoms with Crippen LogP contribution in [0, 0.1) is 5.82 Å². The molecule has 3 heterocycles. The highest BCUT2D eigenvalue weighted by Gasteiger charge is 2.28. The van der Waals surface area contributed by atoms with E-state index in [9.17, 15) is 9.18 Å². The molecule has 0 unspecified atom stereocenters. The van der Waals surface area contributed by atoms with Crippen LogP contribution in [-0.4, -0.2) is 58.9 Å². The Morgan fingerprint density at radius 1 is 1.03 bits per heavy atom. The van der Waals surface area contributed by atoms with Gasteiger partial charge in [0.05, 0.1) is 23.4 Å². The highest BCUT2D eigenvalue weighted by molar-refractivity contribution is 7.13. The Bertz CT molecular complexity index is 1270. The van der Waals surface area contributed by atoms with Crippen LogP contribution in [0.15, 0.2) is 66.0 Å².